The number of carbonyl (C=O) groups excluding carboxylic acids is 2. The number of aromatic nitrogens is 2. The Kier molecular flexibility index (Phi) is 6.22. The van der Waals surface area contributed by atoms with Crippen LogP contribution in [0.4, 0.5) is 23.1 Å². The molecule has 0 radical (unpaired) electrons. The molecule has 0 aliphatic heterocycles. The van der Waals surface area contributed by atoms with Gasteiger partial charge in [-0.1, -0.05) is 5.10 Å². The molecule has 0 fully saturated rings. The first-order chi connectivity index (χ1) is 16.8. The van der Waals surface area contributed by atoms with E-state index in [1.54, 1.807) is 0 Å². The smallest absolute Gasteiger partial charge is 0.322 e. The molecule has 2 amide bonds. The molecule has 174 valence electrons. The molecule has 1 heterocycles. The summed E-state index contributed by atoms with van der Waals surface area (Å²) in [5, 5.41) is 34.1. The molecule has 0 aliphatic carbocycles. The van der Waals surface area contributed by atoms with Gasteiger partial charge in [0.25, 0.3) is 23.2 Å². The van der Waals surface area contributed by atoms with Gasteiger partial charge in [-0.3, -0.25) is 35.1 Å². The van der Waals surface area contributed by atoms with Gasteiger partial charge in [0.15, 0.2) is 0 Å². The Morgan fingerprint density at radius 2 is 1.17 bits per heavy atom. The van der Waals surface area contributed by atoms with Crippen molar-refractivity contribution in [1.82, 2.24) is 10.2 Å². The number of nitrogens with zero attached hydrogens (tertiary/aromatic N) is 4. The van der Waals surface area contributed by atoms with Gasteiger partial charge in [0.2, 0.25) is 5.89 Å². The van der Waals surface area contributed by atoms with Crippen LogP contribution in [0.2, 0.25) is 0 Å². The first-order valence-electron chi connectivity index (χ1n) is 9.86. The average molecular weight is 474 g/mol. The highest BCUT2D eigenvalue weighted by Crippen LogP contribution is 2.23. The molecule has 0 saturated carbocycles. The summed E-state index contributed by atoms with van der Waals surface area (Å²) in [6, 6.07) is 16.4. The van der Waals surface area contributed by atoms with Gasteiger partial charge in [-0.15, -0.1) is 5.10 Å². The third kappa shape index (κ3) is 5.31. The van der Waals surface area contributed by atoms with Gasteiger partial charge in [-0.2, -0.15) is 0 Å². The quantitative estimate of drug-likeness (QED) is 0.294. The second kappa shape index (κ2) is 9.58. The second-order valence-electron chi connectivity index (χ2n) is 7.01. The number of carbonyl (C=O) groups is 2. The molecule has 3 aromatic carbocycles. The second-order valence-corrected chi connectivity index (χ2v) is 7.01. The number of benzene rings is 3. The van der Waals surface area contributed by atoms with E-state index in [0.29, 0.717) is 11.3 Å². The lowest BCUT2D eigenvalue weighted by Gasteiger charge is -2.06. The van der Waals surface area contributed by atoms with Crippen molar-refractivity contribution in [2.45, 2.75) is 0 Å². The Morgan fingerprint density at radius 1 is 0.686 bits per heavy atom. The van der Waals surface area contributed by atoms with E-state index >= 15 is 0 Å². The molecule has 1 aromatic heterocycles. The molecule has 0 aliphatic rings. The normalized spacial score (nSPS) is 10.4. The Balaban J connectivity index is 1.37. The maximum Gasteiger partial charge on any atom is 0.322 e. The number of nitro groups is 2. The SMILES string of the molecule is O=C(Nc1ccc(C(=O)Nc2nnc(-c3ccc([N+](=O)[O-])cc3)o2)cc1)c1ccc([N+](=O)[O-])cc1. The molecule has 0 atom stereocenters. The fourth-order valence-corrected chi connectivity index (χ4v) is 2.93. The van der Waals surface area contributed by atoms with Crippen molar-refractivity contribution >= 4 is 34.9 Å². The standard InChI is InChI=1S/C22H14N6O7/c29-19(14-3-9-17(10-4-14)27(31)32)23-16-7-1-13(2-8-16)20(30)24-22-26-25-21(35-22)15-5-11-18(12-6-15)28(33)34/h1-12H,(H,23,29)(H,24,26,30). The zero-order valence-corrected chi connectivity index (χ0v) is 17.6. The van der Waals surface area contributed by atoms with Crippen LogP contribution < -0.4 is 10.6 Å². The number of hydrogen-bond acceptors (Lipinski definition) is 9. The molecule has 0 saturated heterocycles. The van der Waals surface area contributed by atoms with Crippen molar-refractivity contribution in [1.29, 1.82) is 0 Å². The van der Waals surface area contributed by atoms with E-state index in [4.69, 9.17) is 4.42 Å². The Labute approximate surface area is 195 Å². The summed E-state index contributed by atoms with van der Waals surface area (Å²) in [4.78, 5) is 45.1. The minimum atomic E-state index is -0.559. The van der Waals surface area contributed by atoms with Crippen LogP contribution in [0.5, 0.6) is 0 Å². The van der Waals surface area contributed by atoms with Gasteiger partial charge in [0, 0.05) is 46.6 Å². The fraction of sp³-hybridized carbons (Fsp3) is 0. The highest BCUT2D eigenvalue weighted by molar-refractivity contribution is 6.05. The summed E-state index contributed by atoms with van der Waals surface area (Å²) >= 11 is 0. The van der Waals surface area contributed by atoms with Crippen LogP contribution in [0.3, 0.4) is 0 Å². The topological polar surface area (TPSA) is 183 Å². The van der Waals surface area contributed by atoms with Crippen LogP contribution in [-0.2, 0) is 0 Å². The average Bonchev–Trinajstić information content (AvgIpc) is 3.33. The van der Waals surface area contributed by atoms with Gasteiger partial charge in [-0.25, -0.2) is 0 Å². The lowest BCUT2D eigenvalue weighted by Crippen LogP contribution is -2.14. The number of rotatable bonds is 7. The summed E-state index contributed by atoms with van der Waals surface area (Å²) in [5.74, 6) is -0.946. The predicted molar refractivity (Wildman–Crippen MR) is 122 cm³/mol. The maximum absolute atomic E-state index is 12.5. The molecule has 13 nitrogen and oxygen atoms in total. The molecule has 35 heavy (non-hydrogen) atoms. The zero-order chi connectivity index (χ0) is 24.9. The number of non-ortho nitro benzene ring substituents is 2. The van der Waals surface area contributed by atoms with Gasteiger partial charge in [0.05, 0.1) is 9.85 Å². The van der Waals surface area contributed by atoms with E-state index in [1.807, 2.05) is 0 Å². The largest absolute Gasteiger partial charge is 0.403 e. The minimum absolute atomic E-state index is 0.0690. The third-order valence-corrected chi connectivity index (χ3v) is 4.72. The van der Waals surface area contributed by atoms with Crippen LogP contribution in [-0.4, -0.2) is 31.9 Å². The Morgan fingerprint density at radius 3 is 1.71 bits per heavy atom. The van der Waals surface area contributed by atoms with Crippen molar-refractivity contribution < 1.29 is 23.9 Å². The number of anilines is 2. The van der Waals surface area contributed by atoms with E-state index in [2.05, 4.69) is 20.8 Å². The molecule has 13 heteroatoms. The van der Waals surface area contributed by atoms with Gasteiger partial charge >= 0.3 is 6.01 Å². The van der Waals surface area contributed by atoms with Crippen LogP contribution in [0.15, 0.2) is 77.2 Å². The Hall–Kier alpha value is -5.46. The molecule has 0 spiro atoms. The predicted octanol–water partition coefficient (Wildman–Crippen LogP) is 4.06. The summed E-state index contributed by atoms with van der Waals surface area (Å²) in [5.41, 5.74) is 1.11. The summed E-state index contributed by atoms with van der Waals surface area (Å²) in [7, 11) is 0. The summed E-state index contributed by atoms with van der Waals surface area (Å²) < 4.78 is 5.39. The van der Waals surface area contributed by atoms with Crippen molar-refractivity contribution in [2.75, 3.05) is 10.6 Å². The molecular formula is C22H14N6O7. The lowest BCUT2D eigenvalue weighted by molar-refractivity contribution is -0.385. The number of hydrogen-bond donors (Lipinski definition) is 2. The third-order valence-electron chi connectivity index (χ3n) is 4.72. The van der Waals surface area contributed by atoms with Crippen molar-refractivity contribution in [3.8, 4) is 11.5 Å². The highest BCUT2D eigenvalue weighted by Gasteiger charge is 2.15. The zero-order valence-electron chi connectivity index (χ0n) is 17.6. The fourth-order valence-electron chi connectivity index (χ4n) is 2.93. The lowest BCUT2D eigenvalue weighted by atomic mass is 10.1. The molecule has 0 bridgehead atoms. The van der Waals surface area contributed by atoms with Gasteiger partial charge in [0.1, 0.15) is 0 Å². The maximum atomic E-state index is 12.5. The first-order valence-corrected chi connectivity index (χ1v) is 9.86. The van der Waals surface area contributed by atoms with E-state index in [0.717, 1.165) is 0 Å². The molecule has 2 N–H and O–H groups in total. The monoisotopic (exact) mass is 474 g/mol. The summed E-state index contributed by atoms with van der Waals surface area (Å²) in [6.45, 7) is 0. The van der Waals surface area contributed by atoms with Crippen molar-refractivity contribution in [3.05, 3.63) is 104 Å². The molecular weight excluding hydrogens is 460 g/mol. The van der Waals surface area contributed by atoms with Crippen LogP contribution in [0.1, 0.15) is 20.7 Å². The van der Waals surface area contributed by atoms with Gasteiger partial charge in [-0.05, 0) is 48.5 Å². The molecule has 4 aromatic rings. The van der Waals surface area contributed by atoms with E-state index < -0.39 is 21.7 Å². The van der Waals surface area contributed by atoms with Crippen molar-refractivity contribution in [2.24, 2.45) is 0 Å². The van der Waals surface area contributed by atoms with E-state index in [1.165, 1.54) is 72.8 Å². The Bertz CT molecular complexity index is 1410. The first kappa shape index (κ1) is 22.7. The van der Waals surface area contributed by atoms with Crippen LogP contribution >= 0.6 is 0 Å². The number of nitrogens with one attached hydrogen (secondary N) is 2. The number of amides is 2. The minimum Gasteiger partial charge on any atom is -0.403 e. The van der Waals surface area contributed by atoms with Gasteiger partial charge < -0.3 is 9.73 Å². The molecule has 4 rings (SSSR count). The van der Waals surface area contributed by atoms with Crippen LogP contribution in [0, 0.1) is 20.2 Å². The van der Waals surface area contributed by atoms with E-state index in [9.17, 15) is 29.8 Å². The molecule has 0 unspecified atom stereocenters. The highest BCUT2D eigenvalue weighted by atomic mass is 16.6. The van der Waals surface area contributed by atoms with Crippen LogP contribution in [0.25, 0.3) is 11.5 Å². The summed E-state index contributed by atoms with van der Waals surface area (Å²) in [6.07, 6.45) is 0. The van der Waals surface area contributed by atoms with Crippen molar-refractivity contribution in [3.63, 3.8) is 0 Å². The van der Waals surface area contributed by atoms with E-state index in [-0.39, 0.29) is 34.4 Å². The number of nitro benzene ring substituents is 2.